The van der Waals surface area contributed by atoms with Crippen molar-refractivity contribution in [1.82, 2.24) is 10.2 Å². The van der Waals surface area contributed by atoms with Gasteiger partial charge in [0.15, 0.2) is 5.96 Å². The maximum Gasteiger partial charge on any atom is 0.389 e. The lowest BCUT2D eigenvalue weighted by molar-refractivity contribution is -0.135. The summed E-state index contributed by atoms with van der Waals surface area (Å²) < 4.78 is 36.4. The highest BCUT2D eigenvalue weighted by molar-refractivity contribution is 14.0. The Hall–Kier alpha value is -1.19. The van der Waals surface area contributed by atoms with Crippen LogP contribution in [-0.2, 0) is 0 Å². The monoisotopic (exact) mass is 484 g/mol. The summed E-state index contributed by atoms with van der Waals surface area (Å²) in [6.07, 6.45) is -4.15. The van der Waals surface area contributed by atoms with Gasteiger partial charge in [0.2, 0.25) is 0 Å². The SMILES string of the molecule is CN=C(NCCCCC(F)(F)F)N1CCN(c2cccc(C)c2)CC1.I. The lowest BCUT2D eigenvalue weighted by atomic mass is 10.2. The van der Waals surface area contributed by atoms with E-state index in [-0.39, 0.29) is 30.4 Å². The van der Waals surface area contributed by atoms with E-state index in [2.05, 4.69) is 51.3 Å². The quantitative estimate of drug-likeness (QED) is 0.296. The van der Waals surface area contributed by atoms with Gasteiger partial charge in [0.25, 0.3) is 0 Å². The molecule has 1 N–H and O–H groups in total. The summed E-state index contributed by atoms with van der Waals surface area (Å²) in [7, 11) is 1.71. The summed E-state index contributed by atoms with van der Waals surface area (Å²) in [4.78, 5) is 8.77. The van der Waals surface area contributed by atoms with Gasteiger partial charge in [-0.15, -0.1) is 24.0 Å². The largest absolute Gasteiger partial charge is 0.389 e. The Bertz CT molecular complexity index is 570. The minimum atomic E-state index is -4.06. The first-order valence-electron chi connectivity index (χ1n) is 8.73. The van der Waals surface area contributed by atoms with Crippen LogP contribution in [0.3, 0.4) is 0 Å². The maximum absolute atomic E-state index is 12.1. The van der Waals surface area contributed by atoms with Gasteiger partial charge < -0.3 is 15.1 Å². The van der Waals surface area contributed by atoms with E-state index in [9.17, 15) is 13.2 Å². The number of nitrogens with zero attached hydrogens (tertiary/aromatic N) is 3. The van der Waals surface area contributed by atoms with Gasteiger partial charge in [-0.3, -0.25) is 4.99 Å². The van der Waals surface area contributed by atoms with E-state index in [1.165, 1.54) is 11.3 Å². The molecule has 1 saturated heterocycles. The number of guanidine groups is 1. The van der Waals surface area contributed by atoms with Gasteiger partial charge in [0.05, 0.1) is 0 Å². The van der Waals surface area contributed by atoms with Crippen LogP contribution in [0, 0.1) is 6.92 Å². The average molecular weight is 484 g/mol. The predicted molar refractivity (Wildman–Crippen MR) is 112 cm³/mol. The molecule has 0 saturated carbocycles. The zero-order chi connectivity index (χ0) is 18.3. The third-order valence-corrected chi connectivity index (χ3v) is 4.33. The summed E-state index contributed by atoms with van der Waals surface area (Å²) in [5, 5.41) is 3.18. The highest BCUT2D eigenvalue weighted by Crippen LogP contribution is 2.22. The molecule has 4 nitrogen and oxygen atoms in total. The van der Waals surface area contributed by atoms with Crippen molar-refractivity contribution in [2.75, 3.05) is 44.7 Å². The number of unbranched alkanes of at least 4 members (excludes halogenated alkanes) is 1. The van der Waals surface area contributed by atoms with Crippen molar-refractivity contribution in [1.29, 1.82) is 0 Å². The molecule has 0 spiro atoms. The molecule has 0 atom stereocenters. The number of rotatable bonds is 5. The number of benzene rings is 1. The molecule has 26 heavy (non-hydrogen) atoms. The van der Waals surface area contributed by atoms with Crippen molar-refractivity contribution in [3.8, 4) is 0 Å². The number of alkyl halides is 3. The van der Waals surface area contributed by atoms with Crippen LogP contribution in [-0.4, -0.2) is 56.8 Å². The van der Waals surface area contributed by atoms with E-state index in [0.717, 1.165) is 32.1 Å². The number of hydrogen-bond acceptors (Lipinski definition) is 2. The molecular formula is C18H28F3IN4. The summed E-state index contributed by atoms with van der Waals surface area (Å²) in [6.45, 7) is 6.09. The summed E-state index contributed by atoms with van der Waals surface area (Å²) in [5.41, 5.74) is 2.48. The van der Waals surface area contributed by atoms with Crippen LogP contribution < -0.4 is 10.2 Å². The van der Waals surface area contributed by atoms with Crippen molar-refractivity contribution in [2.45, 2.75) is 32.4 Å². The molecule has 1 aliphatic heterocycles. The molecule has 2 rings (SSSR count). The smallest absolute Gasteiger partial charge is 0.368 e. The Balaban J connectivity index is 0.00000338. The van der Waals surface area contributed by atoms with Gasteiger partial charge in [0, 0.05) is 51.9 Å². The van der Waals surface area contributed by atoms with E-state index < -0.39 is 12.6 Å². The van der Waals surface area contributed by atoms with E-state index >= 15 is 0 Å². The van der Waals surface area contributed by atoms with Crippen molar-refractivity contribution < 1.29 is 13.2 Å². The zero-order valence-corrected chi connectivity index (χ0v) is 17.7. The summed E-state index contributed by atoms with van der Waals surface area (Å²) >= 11 is 0. The van der Waals surface area contributed by atoms with Gasteiger partial charge in [-0.25, -0.2) is 0 Å². The van der Waals surface area contributed by atoms with Crippen LogP contribution in [0.5, 0.6) is 0 Å². The van der Waals surface area contributed by atoms with Crippen LogP contribution in [0.2, 0.25) is 0 Å². The Morgan fingerprint density at radius 2 is 1.85 bits per heavy atom. The van der Waals surface area contributed by atoms with Crippen molar-refractivity contribution >= 4 is 35.6 Å². The second-order valence-electron chi connectivity index (χ2n) is 6.36. The van der Waals surface area contributed by atoms with E-state index in [1.54, 1.807) is 7.05 Å². The van der Waals surface area contributed by atoms with E-state index in [4.69, 9.17) is 0 Å². The minimum Gasteiger partial charge on any atom is -0.368 e. The lowest BCUT2D eigenvalue weighted by Crippen LogP contribution is -2.52. The van der Waals surface area contributed by atoms with Gasteiger partial charge in [-0.2, -0.15) is 13.2 Å². The fourth-order valence-electron chi connectivity index (χ4n) is 2.98. The molecule has 0 unspecified atom stereocenters. The number of nitrogens with one attached hydrogen (secondary N) is 1. The zero-order valence-electron chi connectivity index (χ0n) is 15.4. The molecule has 0 aliphatic carbocycles. The van der Waals surface area contributed by atoms with E-state index in [0.29, 0.717) is 13.0 Å². The lowest BCUT2D eigenvalue weighted by Gasteiger charge is -2.37. The van der Waals surface area contributed by atoms with Gasteiger partial charge in [-0.05, 0) is 37.5 Å². The molecule has 0 amide bonds. The first-order valence-corrected chi connectivity index (χ1v) is 8.73. The number of piperazine rings is 1. The predicted octanol–water partition coefficient (Wildman–Crippen LogP) is 4.04. The fraction of sp³-hybridized carbons (Fsp3) is 0.611. The summed E-state index contributed by atoms with van der Waals surface area (Å²) in [5.74, 6) is 0.774. The molecule has 1 aromatic carbocycles. The third kappa shape index (κ3) is 7.59. The topological polar surface area (TPSA) is 30.9 Å². The summed E-state index contributed by atoms with van der Waals surface area (Å²) in [6, 6.07) is 8.46. The molecule has 0 radical (unpaired) electrons. The highest BCUT2D eigenvalue weighted by Gasteiger charge is 2.26. The van der Waals surface area contributed by atoms with Gasteiger partial charge in [-0.1, -0.05) is 12.1 Å². The molecule has 1 aliphatic rings. The molecule has 1 aromatic rings. The van der Waals surface area contributed by atoms with E-state index in [1.807, 2.05) is 0 Å². The number of anilines is 1. The normalized spacial score (nSPS) is 15.7. The molecule has 1 heterocycles. The standard InChI is InChI=1S/C18H27F3N4.HI/c1-15-6-5-7-16(14-15)24-10-12-25(13-11-24)17(22-2)23-9-4-3-8-18(19,20)21;/h5-7,14H,3-4,8-13H2,1-2H3,(H,22,23);1H. The van der Waals surface area contributed by atoms with Gasteiger partial charge >= 0.3 is 6.18 Å². The molecular weight excluding hydrogens is 456 g/mol. The Kier molecular flexibility index (Phi) is 9.52. The first kappa shape index (κ1) is 22.9. The highest BCUT2D eigenvalue weighted by atomic mass is 127. The minimum absolute atomic E-state index is 0. The maximum atomic E-state index is 12.1. The molecule has 0 bridgehead atoms. The van der Waals surface area contributed by atoms with Crippen molar-refractivity contribution in [2.24, 2.45) is 4.99 Å². The third-order valence-electron chi connectivity index (χ3n) is 4.33. The van der Waals surface area contributed by atoms with Crippen LogP contribution in [0.15, 0.2) is 29.3 Å². The number of halogens is 4. The molecule has 148 valence electrons. The molecule has 1 fully saturated rings. The Labute approximate surface area is 170 Å². The second kappa shape index (κ2) is 10.8. The van der Waals surface area contributed by atoms with Crippen LogP contribution in [0.1, 0.15) is 24.8 Å². The number of aliphatic imine (C=N–C) groups is 1. The second-order valence-corrected chi connectivity index (χ2v) is 6.36. The average Bonchev–Trinajstić information content (AvgIpc) is 2.57. The van der Waals surface area contributed by atoms with Crippen molar-refractivity contribution in [3.05, 3.63) is 29.8 Å². The molecule has 8 heteroatoms. The number of hydrogen-bond donors (Lipinski definition) is 1. The first-order chi connectivity index (χ1) is 11.9. The Morgan fingerprint density at radius 3 is 2.42 bits per heavy atom. The van der Waals surface area contributed by atoms with Crippen LogP contribution in [0.4, 0.5) is 18.9 Å². The van der Waals surface area contributed by atoms with Gasteiger partial charge in [0.1, 0.15) is 0 Å². The number of aryl methyl sites for hydroxylation is 1. The van der Waals surface area contributed by atoms with Crippen LogP contribution >= 0.6 is 24.0 Å². The Morgan fingerprint density at radius 1 is 1.15 bits per heavy atom. The van der Waals surface area contributed by atoms with Crippen LogP contribution in [0.25, 0.3) is 0 Å². The molecule has 0 aromatic heterocycles. The van der Waals surface area contributed by atoms with Crippen molar-refractivity contribution in [3.63, 3.8) is 0 Å². The fourth-order valence-corrected chi connectivity index (χ4v) is 2.98.